The van der Waals surface area contributed by atoms with E-state index in [2.05, 4.69) is 19.9 Å². The van der Waals surface area contributed by atoms with Crippen LogP contribution in [0.3, 0.4) is 0 Å². The zero-order valence-electron chi connectivity index (χ0n) is 42.0. The highest BCUT2D eigenvalue weighted by Gasteiger charge is 2.20. The van der Waals surface area contributed by atoms with Crippen LogP contribution in [0, 0.1) is 0 Å². The Hall–Kier alpha value is -6.14. The van der Waals surface area contributed by atoms with Gasteiger partial charge in [-0.15, -0.1) is 0 Å². The van der Waals surface area contributed by atoms with Gasteiger partial charge in [-0.1, -0.05) is 96.7 Å². The van der Waals surface area contributed by atoms with Crippen molar-refractivity contribution in [3.05, 3.63) is 145 Å². The smallest absolute Gasteiger partial charge is 0.238 e. The van der Waals surface area contributed by atoms with Gasteiger partial charge in [-0.25, -0.2) is 4.98 Å². The predicted molar refractivity (Wildman–Crippen MR) is 177 cm³/mol. The van der Waals surface area contributed by atoms with Crippen molar-refractivity contribution in [2.24, 2.45) is 0 Å². The van der Waals surface area contributed by atoms with Crippen LogP contribution >= 0.6 is 0 Å². The zero-order valence-corrected chi connectivity index (χ0v) is 22.0. The Balaban J connectivity index is 1.51. The molecule has 0 unspecified atom stereocenters. The first-order valence-electron chi connectivity index (χ1n) is 23.0. The minimum atomic E-state index is -0.783. The maximum atomic E-state index is 9.04. The van der Waals surface area contributed by atoms with Crippen LogP contribution in [0.2, 0.25) is 0 Å². The number of nitrogens with zero attached hydrogens (tertiary/aromatic N) is 6. The molecule has 0 aliphatic rings. The summed E-state index contributed by atoms with van der Waals surface area (Å²) in [5.74, 6) is -1.64. The van der Waals surface area contributed by atoms with Crippen molar-refractivity contribution in [2.75, 3.05) is 0 Å². The topological polar surface area (TPSA) is 61.4 Å². The summed E-state index contributed by atoms with van der Waals surface area (Å²) in [6, 6.07) is -6.82. The van der Waals surface area contributed by atoms with E-state index >= 15 is 0 Å². The van der Waals surface area contributed by atoms with Crippen LogP contribution in [0.5, 0.6) is 0 Å². The van der Waals surface area contributed by atoms with Crippen molar-refractivity contribution in [3.63, 3.8) is 0 Å². The Morgan fingerprint density at radius 1 is 0.500 bits per heavy atom. The van der Waals surface area contributed by atoms with E-state index in [-0.39, 0.29) is 43.8 Å². The lowest BCUT2D eigenvalue weighted by Crippen LogP contribution is -2.07. The predicted octanol–water partition coefficient (Wildman–Crippen LogP) is 8.79. The average Bonchev–Trinajstić information content (AvgIpc) is 3.84. The Bertz CT molecular complexity index is 3530. The molecular weight excluding hydrogens is 540 g/mol. The first-order valence-corrected chi connectivity index (χ1v) is 13.0. The molecule has 0 saturated carbocycles. The van der Waals surface area contributed by atoms with Gasteiger partial charge in [-0.05, 0) is 36.3 Å². The minimum Gasteiger partial charge on any atom is -0.307 e. The normalized spacial score (nSPS) is 18.0. The van der Waals surface area contributed by atoms with E-state index in [0.29, 0.717) is 0 Å². The fourth-order valence-corrected chi connectivity index (χ4v) is 5.17. The van der Waals surface area contributed by atoms with Gasteiger partial charge in [0.25, 0.3) is 0 Å². The van der Waals surface area contributed by atoms with Gasteiger partial charge < -0.3 is 4.57 Å². The fraction of sp³-hybridized carbons (Fsp3) is 0. The van der Waals surface area contributed by atoms with Crippen LogP contribution in [0.4, 0.5) is 0 Å². The molecule has 4 aromatic heterocycles. The molecular formula is C38H24N6. The second-order valence-corrected chi connectivity index (χ2v) is 9.33. The van der Waals surface area contributed by atoms with Gasteiger partial charge in [0.1, 0.15) is 0 Å². The second kappa shape index (κ2) is 9.71. The van der Waals surface area contributed by atoms with Gasteiger partial charge >= 0.3 is 0 Å². The summed E-state index contributed by atoms with van der Waals surface area (Å²) >= 11 is 0. The molecule has 206 valence electrons. The molecule has 4 heterocycles. The van der Waals surface area contributed by atoms with Crippen LogP contribution in [-0.2, 0) is 0 Å². The maximum Gasteiger partial charge on any atom is 0.238 e. The van der Waals surface area contributed by atoms with E-state index in [9.17, 15) is 0 Å². The number of hydrogen-bond donors (Lipinski definition) is 0. The lowest BCUT2D eigenvalue weighted by molar-refractivity contribution is 0.951. The third-order valence-electron chi connectivity index (χ3n) is 6.97. The Labute approximate surface area is 280 Å². The molecule has 5 aromatic carbocycles. The monoisotopic (exact) mass is 584 g/mol. The van der Waals surface area contributed by atoms with Gasteiger partial charge in [0, 0.05) is 38.8 Å². The average molecular weight is 585 g/mol. The first kappa shape index (κ1) is 11.9. The number of benzene rings is 5. The summed E-state index contributed by atoms with van der Waals surface area (Å²) < 4.78 is 176. The molecule has 9 aromatic rings. The van der Waals surface area contributed by atoms with Crippen molar-refractivity contribution in [1.82, 2.24) is 29.1 Å². The summed E-state index contributed by atoms with van der Waals surface area (Å²) in [4.78, 5) is 17.7. The van der Waals surface area contributed by atoms with Crippen LogP contribution < -0.4 is 0 Å². The molecule has 0 radical (unpaired) electrons. The van der Waals surface area contributed by atoms with Crippen molar-refractivity contribution in [3.8, 4) is 34.4 Å². The van der Waals surface area contributed by atoms with Gasteiger partial charge in [0.15, 0.2) is 11.6 Å². The molecule has 0 amide bonds. The van der Waals surface area contributed by atoms with Crippen LogP contribution in [0.1, 0.15) is 27.4 Å². The molecule has 0 aliphatic carbocycles. The van der Waals surface area contributed by atoms with Crippen LogP contribution in [0.15, 0.2) is 145 Å². The number of para-hydroxylation sites is 4. The quantitative estimate of drug-likeness (QED) is 0.207. The van der Waals surface area contributed by atoms with E-state index in [0.717, 1.165) is 4.57 Å². The van der Waals surface area contributed by atoms with Crippen molar-refractivity contribution in [2.45, 2.75) is 0 Å². The number of rotatable bonds is 4. The highest BCUT2D eigenvalue weighted by Crippen LogP contribution is 2.36. The van der Waals surface area contributed by atoms with Gasteiger partial charge in [-0.3, -0.25) is 9.55 Å². The summed E-state index contributed by atoms with van der Waals surface area (Å²) in [5.41, 5.74) is -1.94. The largest absolute Gasteiger partial charge is 0.307 e. The standard InChI is InChI=1S/C38H24N6/c1-2-12-25(13-3-1)36-40-37(42-38(41-36)44-32-19-9-5-14-26(32)27-15-6-10-20-33(27)44)30-17-7-11-21-34(30)43-31-18-8-4-16-28(31)29-22-23-39-24-35(29)43/h1-24H/i1D,2D,3D,4D,5D,6D,8D,9D,10D,12D,13D,14D,15D,16D,18D,19D,20D,22D,23D,24D. The Kier molecular flexibility index (Phi) is 2.62. The second-order valence-electron chi connectivity index (χ2n) is 9.33. The van der Waals surface area contributed by atoms with Crippen molar-refractivity contribution in [1.29, 1.82) is 0 Å². The molecule has 0 N–H and O–H groups in total. The van der Waals surface area contributed by atoms with Crippen LogP contribution in [0.25, 0.3) is 78.0 Å². The highest BCUT2D eigenvalue weighted by molar-refractivity contribution is 6.10. The van der Waals surface area contributed by atoms with Crippen molar-refractivity contribution >= 4 is 43.6 Å². The third kappa shape index (κ3) is 3.68. The highest BCUT2D eigenvalue weighted by atomic mass is 15.2. The lowest BCUT2D eigenvalue weighted by atomic mass is 10.1. The number of aromatic nitrogens is 6. The SMILES string of the molecule is [2H]c1nc([2H])c2c(c1[2H])c1c([2H])c([2H])c([2H])c([2H])c1n2-c1ccccc1-c1nc(-c2c([2H])c([2H])c([2H])c([2H])c2[2H])nc(-n2c3c([2H])c([2H])c([2H])c([2H])c3c3c([2H])c([2H])c([2H])c([2H])c32)n1. The minimum absolute atomic E-state index is 0.0322. The summed E-state index contributed by atoms with van der Waals surface area (Å²) in [6.07, 6.45) is -1.24. The third-order valence-corrected chi connectivity index (χ3v) is 6.97. The van der Waals surface area contributed by atoms with E-state index in [1.165, 1.54) is 28.8 Å². The molecule has 0 aliphatic heterocycles. The number of hydrogen-bond acceptors (Lipinski definition) is 4. The fourth-order valence-electron chi connectivity index (χ4n) is 5.17. The van der Waals surface area contributed by atoms with Gasteiger partial charge in [0.2, 0.25) is 5.95 Å². The van der Waals surface area contributed by atoms with Crippen molar-refractivity contribution < 1.29 is 27.4 Å². The molecule has 0 bridgehead atoms. The molecule has 9 rings (SSSR count). The molecule has 0 saturated heterocycles. The lowest BCUT2D eigenvalue weighted by Gasteiger charge is -2.15. The zero-order chi connectivity index (χ0) is 46.4. The molecule has 6 heteroatoms. The first-order chi connectivity index (χ1) is 30.1. The molecule has 6 nitrogen and oxygen atoms in total. The van der Waals surface area contributed by atoms with E-state index in [4.69, 9.17) is 27.4 Å². The maximum absolute atomic E-state index is 9.04. The summed E-state index contributed by atoms with van der Waals surface area (Å²) in [5, 5.41) is -1.09. The van der Waals surface area contributed by atoms with E-state index in [1.54, 1.807) is 0 Å². The van der Waals surface area contributed by atoms with Gasteiger partial charge in [0.05, 0.1) is 61.3 Å². The number of fused-ring (bicyclic) bond motifs is 6. The summed E-state index contributed by atoms with van der Waals surface area (Å²) in [7, 11) is 0. The molecule has 44 heavy (non-hydrogen) atoms. The van der Waals surface area contributed by atoms with Gasteiger partial charge in [-0.2, -0.15) is 9.97 Å². The summed E-state index contributed by atoms with van der Waals surface area (Å²) in [6.45, 7) is 0. The Morgan fingerprint density at radius 2 is 1.07 bits per heavy atom. The van der Waals surface area contributed by atoms with E-state index < -0.39 is 155 Å². The van der Waals surface area contributed by atoms with E-state index in [1.807, 2.05) is 0 Å². The Morgan fingerprint density at radius 3 is 1.77 bits per heavy atom. The van der Waals surface area contributed by atoms with Crippen LogP contribution in [-0.4, -0.2) is 29.1 Å². The molecule has 0 atom stereocenters. The molecule has 0 fully saturated rings. The molecule has 0 spiro atoms. The number of pyridine rings is 1.